The van der Waals surface area contributed by atoms with Crippen molar-refractivity contribution in [2.45, 2.75) is 13.8 Å². The van der Waals surface area contributed by atoms with Gasteiger partial charge in [-0.2, -0.15) is 0 Å². The second-order valence-electron chi connectivity index (χ2n) is 4.42. The summed E-state index contributed by atoms with van der Waals surface area (Å²) in [6.45, 7) is 4.18. The highest BCUT2D eigenvalue weighted by Gasteiger charge is 2.14. The normalized spacial score (nSPS) is 11.3. The molecular formula is C17H16ClNO2. The van der Waals surface area contributed by atoms with E-state index in [9.17, 15) is 4.79 Å². The van der Waals surface area contributed by atoms with Gasteiger partial charge in [-0.15, -0.1) is 0 Å². The molecule has 2 aromatic rings. The fraction of sp³-hybridized carbons (Fsp3) is 0.176. The molecule has 21 heavy (non-hydrogen) atoms. The summed E-state index contributed by atoms with van der Waals surface area (Å²) in [6, 6.07) is 14.1. The number of halogens is 1. The van der Waals surface area contributed by atoms with Crippen LogP contribution in [0.3, 0.4) is 0 Å². The first-order valence-corrected chi connectivity index (χ1v) is 7.07. The van der Waals surface area contributed by atoms with Gasteiger partial charge in [-0.1, -0.05) is 41.9 Å². The number of ether oxygens (including phenoxy) is 1. The van der Waals surface area contributed by atoms with Crippen LogP contribution in [0.1, 0.15) is 29.8 Å². The molecule has 0 aliphatic rings. The van der Waals surface area contributed by atoms with Crippen molar-refractivity contribution in [3.63, 3.8) is 0 Å². The Morgan fingerprint density at radius 2 is 1.90 bits per heavy atom. The summed E-state index contributed by atoms with van der Waals surface area (Å²) in [5, 5.41) is 0.502. The number of hydrogen-bond acceptors (Lipinski definition) is 3. The van der Waals surface area contributed by atoms with Crippen molar-refractivity contribution in [1.82, 2.24) is 0 Å². The van der Waals surface area contributed by atoms with Gasteiger partial charge in [0.2, 0.25) is 0 Å². The van der Waals surface area contributed by atoms with E-state index in [4.69, 9.17) is 16.3 Å². The Labute approximate surface area is 129 Å². The van der Waals surface area contributed by atoms with Gasteiger partial charge in [0.15, 0.2) is 11.7 Å². The minimum absolute atomic E-state index is 0.110. The Bertz CT molecular complexity index is 666. The maximum atomic E-state index is 12.6. The number of nitrogens with zero attached hydrogens (tertiary/aromatic N) is 1. The van der Waals surface area contributed by atoms with Crippen LogP contribution in [0.5, 0.6) is 0 Å². The highest BCUT2D eigenvalue weighted by atomic mass is 35.5. The summed E-state index contributed by atoms with van der Waals surface area (Å²) in [5.74, 6) is 0.406. The van der Waals surface area contributed by atoms with Gasteiger partial charge in [-0.3, -0.25) is 4.79 Å². The maximum Gasteiger partial charge on any atom is 0.195 e. The van der Waals surface area contributed by atoms with Crippen molar-refractivity contribution in [3.8, 4) is 0 Å². The predicted molar refractivity (Wildman–Crippen MR) is 85.7 cm³/mol. The summed E-state index contributed by atoms with van der Waals surface area (Å²) in [6.07, 6.45) is 0. The molecule has 0 bridgehead atoms. The van der Waals surface area contributed by atoms with E-state index in [0.717, 1.165) is 0 Å². The van der Waals surface area contributed by atoms with Crippen LogP contribution in [0.2, 0.25) is 5.02 Å². The molecule has 108 valence electrons. The smallest absolute Gasteiger partial charge is 0.195 e. The Hall–Kier alpha value is -2.13. The highest BCUT2D eigenvalue weighted by Crippen LogP contribution is 2.26. The lowest BCUT2D eigenvalue weighted by atomic mass is 10.0. The lowest BCUT2D eigenvalue weighted by Gasteiger charge is -2.07. The van der Waals surface area contributed by atoms with Gasteiger partial charge >= 0.3 is 0 Å². The van der Waals surface area contributed by atoms with Crippen LogP contribution in [0.25, 0.3) is 0 Å². The molecule has 0 fully saturated rings. The topological polar surface area (TPSA) is 38.7 Å². The quantitative estimate of drug-likeness (QED) is 0.468. The first kappa shape index (κ1) is 15.3. The number of rotatable bonds is 4. The van der Waals surface area contributed by atoms with Gasteiger partial charge < -0.3 is 4.74 Å². The molecule has 0 radical (unpaired) electrons. The van der Waals surface area contributed by atoms with Gasteiger partial charge in [0.1, 0.15) is 0 Å². The average molecular weight is 302 g/mol. The van der Waals surface area contributed by atoms with E-state index in [1.807, 2.05) is 25.1 Å². The molecule has 2 aromatic carbocycles. The second-order valence-corrected chi connectivity index (χ2v) is 4.86. The molecule has 0 heterocycles. The van der Waals surface area contributed by atoms with Crippen molar-refractivity contribution < 1.29 is 9.53 Å². The van der Waals surface area contributed by atoms with E-state index < -0.39 is 0 Å². The SMILES string of the molecule is CCOC(C)=Nc1ccc(Cl)cc1C(=O)c1ccccc1. The van der Waals surface area contributed by atoms with Crippen molar-refractivity contribution in [1.29, 1.82) is 0 Å². The number of carbonyl (C=O) groups is 1. The maximum absolute atomic E-state index is 12.6. The summed E-state index contributed by atoms with van der Waals surface area (Å²) in [4.78, 5) is 16.9. The van der Waals surface area contributed by atoms with Crippen molar-refractivity contribution >= 4 is 29.0 Å². The van der Waals surface area contributed by atoms with Crippen molar-refractivity contribution in [2.75, 3.05) is 6.61 Å². The molecule has 0 spiro atoms. The Morgan fingerprint density at radius 1 is 1.19 bits per heavy atom. The third kappa shape index (κ3) is 3.92. The van der Waals surface area contributed by atoms with Gasteiger partial charge in [0.05, 0.1) is 12.3 Å². The number of benzene rings is 2. The van der Waals surface area contributed by atoms with Crippen LogP contribution < -0.4 is 0 Å². The standard InChI is InChI=1S/C17H16ClNO2/c1-3-21-12(2)19-16-10-9-14(18)11-15(16)17(20)13-7-5-4-6-8-13/h4-11H,3H2,1-2H3. The molecule has 3 nitrogen and oxygen atoms in total. The zero-order valence-corrected chi connectivity index (χ0v) is 12.7. The van der Waals surface area contributed by atoms with Crippen LogP contribution >= 0.6 is 11.6 Å². The molecule has 0 saturated carbocycles. The molecule has 0 amide bonds. The first-order chi connectivity index (χ1) is 10.1. The lowest BCUT2D eigenvalue weighted by Crippen LogP contribution is -2.03. The predicted octanol–water partition coefficient (Wildman–Crippen LogP) is 4.66. The number of aliphatic imine (C=N–C) groups is 1. The van der Waals surface area contributed by atoms with Crippen LogP contribution in [-0.2, 0) is 4.74 Å². The summed E-state index contributed by atoms with van der Waals surface area (Å²) >= 11 is 6.01. The Kier molecular flexibility index (Phi) is 5.12. The zero-order chi connectivity index (χ0) is 15.2. The molecular weight excluding hydrogens is 286 g/mol. The molecule has 0 aliphatic carbocycles. The summed E-state index contributed by atoms with van der Waals surface area (Å²) in [7, 11) is 0. The van der Waals surface area contributed by atoms with Crippen LogP contribution in [-0.4, -0.2) is 18.3 Å². The molecule has 0 N–H and O–H groups in total. The molecule has 4 heteroatoms. The molecule has 0 aliphatic heterocycles. The number of ketones is 1. The van der Waals surface area contributed by atoms with E-state index in [2.05, 4.69) is 4.99 Å². The third-order valence-corrected chi connectivity index (χ3v) is 3.11. The van der Waals surface area contributed by atoms with E-state index in [1.165, 1.54) is 0 Å². The first-order valence-electron chi connectivity index (χ1n) is 6.69. The Balaban J connectivity index is 2.45. The van der Waals surface area contributed by atoms with Gasteiger partial charge in [0.25, 0.3) is 0 Å². The number of hydrogen-bond donors (Lipinski definition) is 0. The monoisotopic (exact) mass is 301 g/mol. The summed E-state index contributed by atoms with van der Waals surface area (Å²) < 4.78 is 5.32. The van der Waals surface area contributed by atoms with Crippen LogP contribution in [0.4, 0.5) is 5.69 Å². The van der Waals surface area contributed by atoms with Gasteiger partial charge in [-0.25, -0.2) is 4.99 Å². The second kappa shape index (κ2) is 7.04. The Morgan fingerprint density at radius 3 is 2.57 bits per heavy atom. The zero-order valence-electron chi connectivity index (χ0n) is 12.0. The molecule has 0 saturated heterocycles. The van der Waals surface area contributed by atoms with Crippen LogP contribution in [0, 0.1) is 0 Å². The van der Waals surface area contributed by atoms with Crippen molar-refractivity contribution in [3.05, 3.63) is 64.7 Å². The van der Waals surface area contributed by atoms with Gasteiger partial charge in [-0.05, 0) is 25.1 Å². The van der Waals surface area contributed by atoms with E-state index in [-0.39, 0.29) is 5.78 Å². The minimum Gasteiger partial charge on any atom is -0.481 e. The van der Waals surface area contributed by atoms with E-state index in [1.54, 1.807) is 37.3 Å². The minimum atomic E-state index is -0.110. The van der Waals surface area contributed by atoms with Crippen molar-refractivity contribution in [2.24, 2.45) is 4.99 Å². The highest BCUT2D eigenvalue weighted by molar-refractivity contribution is 6.31. The third-order valence-electron chi connectivity index (χ3n) is 2.87. The molecule has 2 rings (SSSR count). The molecule has 0 atom stereocenters. The average Bonchev–Trinajstić information content (AvgIpc) is 2.49. The van der Waals surface area contributed by atoms with E-state index >= 15 is 0 Å². The van der Waals surface area contributed by atoms with E-state index in [0.29, 0.717) is 34.3 Å². The van der Waals surface area contributed by atoms with Gasteiger partial charge in [0, 0.05) is 23.1 Å². The lowest BCUT2D eigenvalue weighted by molar-refractivity contribution is 0.103. The fourth-order valence-electron chi connectivity index (χ4n) is 1.94. The molecule has 0 unspecified atom stereocenters. The number of carbonyl (C=O) groups excluding carboxylic acids is 1. The molecule has 0 aromatic heterocycles. The fourth-order valence-corrected chi connectivity index (χ4v) is 2.12. The summed E-state index contributed by atoms with van der Waals surface area (Å²) in [5.41, 5.74) is 1.62. The van der Waals surface area contributed by atoms with Crippen LogP contribution in [0.15, 0.2) is 53.5 Å². The largest absolute Gasteiger partial charge is 0.481 e.